The lowest BCUT2D eigenvalue weighted by Gasteiger charge is -2.21. The molecule has 5 nitrogen and oxygen atoms in total. The van der Waals surface area contributed by atoms with E-state index in [1.807, 2.05) is 18.4 Å². The molecule has 3 rings (SSSR count). The quantitative estimate of drug-likeness (QED) is 0.820. The summed E-state index contributed by atoms with van der Waals surface area (Å²) < 4.78 is 28.0. The molecule has 1 aromatic carbocycles. The highest BCUT2D eigenvalue weighted by Crippen LogP contribution is 2.35. The predicted molar refractivity (Wildman–Crippen MR) is 108 cm³/mol. The number of anilines is 1. The number of carbonyl (C=O) groups excluding carboxylic acids is 1. The van der Waals surface area contributed by atoms with Gasteiger partial charge in [-0.3, -0.25) is 4.79 Å². The highest BCUT2D eigenvalue weighted by atomic mass is 32.2. The minimum Gasteiger partial charge on any atom is -0.311 e. The van der Waals surface area contributed by atoms with Crippen LogP contribution in [-0.4, -0.2) is 33.2 Å². The van der Waals surface area contributed by atoms with Crippen LogP contribution in [0.2, 0.25) is 0 Å². The zero-order chi connectivity index (χ0) is 18.7. The Labute approximate surface area is 162 Å². The van der Waals surface area contributed by atoms with Crippen molar-refractivity contribution >= 4 is 44.7 Å². The zero-order valence-corrected chi connectivity index (χ0v) is 17.3. The second-order valence-corrected chi connectivity index (χ2v) is 10.1. The number of carbonyl (C=O) groups is 1. The van der Waals surface area contributed by atoms with Crippen molar-refractivity contribution in [1.29, 1.82) is 0 Å². The summed E-state index contributed by atoms with van der Waals surface area (Å²) in [6, 6.07) is 7.08. The standard InChI is InChI=1S/C18H22N2O3S3/c1-13-7-11-25-17(13)6-8-19-26(22,23)15-4-5-18-16(12-15)20(14(2)21)9-3-10-24-18/h4-5,7,11-12,19H,3,6,8-10H2,1-2H3. The molecule has 1 amide bonds. The first-order valence-corrected chi connectivity index (χ1v) is 11.8. The van der Waals surface area contributed by atoms with Crippen LogP contribution < -0.4 is 9.62 Å². The number of hydrogen-bond donors (Lipinski definition) is 1. The molecule has 1 N–H and O–H groups in total. The SMILES string of the molecule is CC(=O)N1CCCSc2ccc(S(=O)(=O)NCCc3sccc3C)cc21. The Kier molecular flexibility index (Phi) is 6.06. The number of nitrogens with one attached hydrogen (secondary N) is 1. The minimum absolute atomic E-state index is 0.0653. The molecule has 2 heterocycles. The van der Waals surface area contributed by atoms with Gasteiger partial charge < -0.3 is 4.90 Å². The van der Waals surface area contributed by atoms with Crippen LogP contribution >= 0.6 is 23.1 Å². The van der Waals surface area contributed by atoms with Crippen molar-refractivity contribution in [3.63, 3.8) is 0 Å². The molecule has 1 aliphatic rings. The van der Waals surface area contributed by atoms with Gasteiger partial charge in [0, 0.05) is 29.8 Å². The summed E-state index contributed by atoms with van der Waals surface area (Å²) >= 11 is 3.30. The molecule has 1 aliphatic heterocycles. The second-order valence-electron chi connectivity index (χ2n) is 6.18. The lowest BCUT2D eigenvalue weighted by atomic mass is 10.2. The molecule has 8 heteroatoms. The van der Waals surface area contributed by atoms with Crippen molar-refractivity contribution in [3.05, 3.63) is 40.1 Å². The Morgan fingerprint density at radius 2 is 2.12 bits per heavy atom. The number of hydrogen-bond acceptors (Lipinski definition) is 5. The molecule has 140 valence electrons. The molecule has 0 radical (unpaired) electrons. The maximum Gasteiger partial charge on any atom is 0.240 e. The first-order chi connectivity index (χ1) is 12.4. The molecular weight excluding hydrogens is 388 g/mol. The summed E-state index contributed by atoms with van der Waals surface area (Å²) in [6.07, 6.45) is 1.56. The normalized spacial score (nSPS) is 14.8. The number of sulfonamides is 1. The van der Waals surface area contributed by atoms with Gasteiger partial charge in [-0.2, -0.15) is 0 Å². The first kappa shape index (κ1) is 19.4. The average molecular weight is 411 g/mol. The maximum atomic E-state index is 12.7. The highest BCUT2D eigenvalue weighted by molar-refractivity contribution is 7.99. The van der Waals surface area contributed by atoms with E-state index in [4.69, 9.17) is 0 Å². The van der Waals surface area contributed by atoms with Gasteiger partial charge in [-0.25, -0.2) is 13.1 Å². The van der Waals surface area contributed by atoms with Crippen LogP contribution in [0, 0.1) is 6.92 Å². The minimum atomic E-state index is -3.61. The summed E-state index contributed by atoms with van der Waals surface area (Å²) in [5.41, 5.74) is 1.88. The molecule has 1 aromatic heterocycles. The van der Waals surface area contributed by atoms with E-state index in [0.29, 0.717) is 25.2 Å². The Bertz CT molecular complexity index is 906. The lowest BCUT2D eigenvalue weighted by molar-refractivity contribution is -0.116. The van der Waals surface area contributed by atoms with Gasteiger partial charge in [0.15, 0.2) is 0 Å². The monoisotopic (exact) mass is 410 g/mol. The van der Waals surface area contributed by atoms with Crippen molar-refractivity contribution in [3.8, 4) is 0 Å². The third-order valence-corrected chi connectivity index (χ3v) is 8.00. The van der Waals surface area contributed by atoms with E-state index in [1.165, 1.54) is 17.4 Å². The largest absolute Gasteiger partial charge is 0.311 e. The fraction of sp³-hybridized carbons (Fsp3) is 0.389. The molecule has 2 aromatic rings. The highest BCUT2D eigenvalue weighted by Gasteiger charge is 2.22. The van der Waals surface area contributed by atoms with Gasteiger partial charge in [-0.1, -0.05) is 0 Å². The van der Waals surface area contributed by atoms with Gasteiger partial charge in [-0.05, 0) is 60.7 Å². The number of aryl methyl sites for hydroxylation is 1. The van der Waals surface area contributed by atoms with E-state index in [9.17, 15) is 13.2 Å². The zero-order valence-electron chi connectivity index (χ0n) is 14.8. The molecule has 0 bridgehead atoms. The summed E-state index contributed by atoms with van der Waals surface area (Å²) in [5.74, 6) is 0.853. The number of amides is 1. The van der Waals surface area contributed by atoms with Gasteiger partial charge in [0.25, 0.3) is 0 Å². The van der Waals surface area contributed by atoms with Crippen molar-refractivity contribution in [2.75, 3.05) is 23.7 Å². The molecule has 0 saturated heterocycles. The molecule has 0 atom stereocenters. The molecule has 26 heavy (non-hydrogen) atoms. The Morgan fingerprint density at radius 3 is 2.81 bits per heavy atom. The van der Waals surface area contributed by atoms with E-state index < -0.39 is 10.0 Å². The second kappa shape index (κ2) is 8.12. The number of benzene rings is 1. The van der Waals surface area contributed by atoms with E-state index in [2.05, 4.69) is 4.72 Å². The average Bonchev–Trinajstić information content (AvgIpc) is 2.88. The van der Waals surface area contributed by atoms with Crippen LogP contribution in [0.1, 0.15) is 23.8 Å². The fourth-order valence-corrected chi connectivity index (χ4v) is 5.83. The number of rotatable bonds is 5. The summed E-state index contributed by atoms with van der Waals surface area (Å²) in [6.45, 7) is 4.51. The number of fused-ring (bicyclic) bond motifs is 1. The summed E-state index contributed by atoms with van der Waals surface area (Å²) in [4.78, 5) is 16.0. The molecule has 0 aliphatic carbocycles. The number of nitrogens with zero attached hydrogens (tertiary/aromatic N) is 1. The first-order valence-electron chi connectivity index (χ1n) is 8.46. The van der Waals surface area contributed by atoms with Crippen LogP contribution in [0.25, 0.3) is 0 Å². The van der Waals surface area contributed by atoms with Crippen LogP contribution in [-0.2, 0) is 21.2 Å². The van der Waals surface area contributed by atoms with Crippen LogP contribution in [0.5, 0.6) is 0 Å². The molecule has 0 fully saturated rings. The Hall–Kier alpha value is -1.35. The van der Waals surface area contributed by atoms with Gasteiger partial charge in [0.2, 0.25) is 15.9 Å². The van der Waals surface area contributed by atoms with Crippen LogP contribution in [0.3, 0.4) is 0 Å². The van der Waals surface area contributed by atoms with Crippen molar-refractivity contribution in [1.82, 2.24) is 4.72 Å². The molecular formula is C18H22N2O3S3. The fourth-order valence-electron chi connectivity index (χ4n) is 2.89. The van der Waals surface area contributed by atoms with Gasteiger partial charge >= 0.3 is 0 Å². The van der Waals surface area contributed by atoms with Crippen LogP contribution in [0.15, 0.2) is 39.4 Å². The van der Waals surface area contributed by atoms with Crippen molar-refractivity contribution < 1.29 is 13.2 Å². The number of thioether (sulfide) groups is 1. The van der Waals surface area contributed by atoms with E-state index in [-0.39, 0.29) is 10.8 Å². The van der Waals surface area contributed by atoms with E-state index >= 15 is 0 Å². The third kappa shape index (κ3) is 4.31. The third-order valence-electron chi connectivity index (χ3n) is 4.31. The van der Waals surface area contributed by atoms with Crippen molar-refractivity contribution in [2.45, 2.75) is 36.5 Å². The van der Waals surface area contributed by atoms with E-state index in [0.717, 1.165) is 17.1 Å². The molecule has 0 saturated carbocycles. The smallest absolute Gasteiger partial charge is 0.240 e. The maximum absolute atomic E-state index is 12.7. The molecule has 0 unspecified atom stereocenters. The van der Waals surface area contributed by atoms with Crippen molar-refractivity contribution in [2.24, 2.45) is 0 Å². The van der Waals surface area contributed by atoms with E-state index in [1.54, 1.807) is 46.2 Å². The summed E-state index contributed by atoms with van der Waals surface area (Å²) in [5, 5.41) is 2.01. The molecule has 0 spiro atoms. The summed E-state index contributed by atoms with van der Waals surface area (Å²) in [7, 11) is -3.61. The predicted octanol–water partition coefficient (Wildman–Crippen LogP) is 3.43. The number of thiophene rings is 1. The van der Waals surface area contributed by atoms with Gasteiger partial charge in [-0.15, -0.1) is 23.1 Å². The van der Waals surface area contributed by atoms with Gasteiger partial charge in [0.05, 0.1) is 10.6 Å². The topological polar surface area (TPSA) is 66.5 Å². The Morgan fingerprint density at radius 1 is 1.31 bits per heavy atom. The van der Waals surface area contributed by atoms with Gasteiger partial charge in [0.1, 0.15) is 0 Å². The Balaban J connectivity index is 1.79. The lowest BCUT2D eigenvalue weighted by Crippen LogP contribution is -2.30. The van der Waals surface area contributed by atoms with Crippen LogP contribution in [0.4, 0.5) is 5.69 Å².